The Bertz CT molecular complexity index is 1170. The second kappa shape index (κ2) is 11.3. The summed E-state index contributed by atoms with van der Waals surface area (Å²) in [4.78, 5) is 24.6. The minimum Gasteiger partial charge on any atom is -0.486 e. The number of rotatable bonds is 10. The predicted octanol–water partition coefficient (Wildman–Crippen LogP) is 2.54. The van der Waals surface area contributed by atoms with E-state index in [-0.39, 0.29) is 28.7 Å². The third-order valence-electron chi connectivity index (χ3n) is 4.75. The summed E-state index contributed by atoms with van der Waals surface area (Å²) in [5, 5.41) is 2.30. The van der Waals surface area contributed by atoms with Crippen LogP contribution in [0.5, 0.6) is 17.2 Å². The molecule has 2 N–H and O–H groups in total. The molecule has 3 rings (SSSR count). The lowest BCUT2D eigenvalue weighted by atomic mass is 10.1. The summed E-state index contributed by atoms with van der Waals surface area (Å²) in [7, 11) is -4.16. The molecular weight excluding hydrogens is 490 g/mol. The number of para-hydroxylation sites is 2. The van der Waals surface area contributed by atoms with Crippen molar-refractivity contribution in [2.45, 2.75) is 31.4 Å². The van der Waals surface area contributed by atoms with Gasteiger partial charge in [-0.05, 0) is 30.2 Å². The van der Waals surface area contributed by atoms with Crippen LogP contribution in [0, 0.1) is 5.92 Å². The van der Waals surface area contributed by atoms with Crippen LogP contribution in [0.4, 0.5) is 14.5 Å². The number of amides is 1. The average Bonchev–Trinajstić information content (AvgIpc) is 2.81. The molecule has 0 aromatic heterocycles. The van der Waals surface area contributed by atoms with Crippen molar-refractivity contribution in [1.29, 1.82) is 0 Å². The SMILES string of the molecule is CC(C)[C@@H](NS(=O)(=O)c1ccc2c(c1)OCCO2)C(=O)OCC(=O)Nc1ccccc1OC(F)F. The first-order valence-corrected chi connectivity index (χ1v) is 12.0. The summed E-state index contributed by atoms with van der Waals surface area (Å²) in [5.74, 6) is -1.96. The number of fused-ring (bicyclic) bond motifs is 1. The number of benzene rings is 2. The van der Waals surface area contributed by atoms with E-state index in [1.54, 1.807) is 13.8 Å². The summed E-state index contributed by atoms with van der Waals surface area (Å²) in [6.45, 7) is -0.0774. The normalized spacial score (nSPS) is 13.9. The molecule has 0 unspecified atom stereocenters. The first-order chi connectivity index (χ1) is 16.6. The zero-order valence-electron chi connectivity index (χ0n) is 18.8. The van der Waals surface area contributed by atoms with Crippen LogP contribution < -0.4 is 24.2 Å². The van der Waals surface area contributed by atoms with Gasteiger partial charge in [0.2, 0.25) is 10.0 Å². The molecule has 1 aliphatic heterocycles. The fraction of sp³-hybridized carbons (Fsp3) is 0.364. The fourth-order valence-corrected chi connectivity index (χ4v) is 4.41. The first-order valence-electron chi connectivity index (χ1n) is 10.5. The number of alkyl halides is 2. The Morgan fingerprint density at radius 3 is 2.43 bits per heavy atom. The van der Waals surface area contributed by atoms with Crippen LogP contribution in [-0.4, -0.2) is 52.8 Å². The van der Waals surface area contributed by atoms with Crippen LogP contribution in [0.25, 0.3) is 0 Å². The lowest BCUT2D eigenvalue weighted by molar-refractivity contribution is -0.150. The Hall–Kier alpha value is -3.45. The molecule has 1 amide bonds. The minimum absolute atomic E-state index is 0.0476. The molecule has 0 saturated carbocycles. The van der Waals surface area contributed by atoms with E-state index in [0.29, 0.717) is 12.4 Å². The van der Waals surface area contributed by atoms with Gasteiger partial charge in [0.05, 0.1) is 10.6 Å². The Balaban J connectivity index is 1.63. The van der Waals surface area contributed by atoms with Crippen molar-refractivity contribution in [1.82, 2.24) is 4.72 Å². The summed E-state index contributed by atoms with van der Waals surface area (Å²) in [5.41, 5.74) is -0.0476. The number of anilines is 1. The maximum atomic E-state index is 12.9. The van der Waals surface area contributed by atoms with Gasteiger partial charge in [-0.25, -0.2) is 8.42 Å². The van der Waals surface area contributed by atoms with E-state index in [1.165, 1.54) is 42.5 Å². The standard InChI is InChI=1S/C22H24F2N2O8S/c1-13(2)20(26-35(29,30)14-7-8-17-18(11-14)32-10-9-31-17)21(28)33-12-19(27)25-15-5-3-4-6-16(15)34-22(23)24/h3-8,11,13,20,22,26H,9-10,12H2,1-2H3,(H,25,27)/t20-/m1/s1. The number of ether oxygens (including phenoxy) is 4. The summed E-state index contributed by atoms with van der Waals surface area (Å²) in [6.07, 6.45) is 0. The van der Waals surface area contributed by atoms with Gasteiger partial charge in [0.15, 0.2) is 18.1 Å². The molecule has 10 nitrogen and oxygen atoms in total. The third-order valence-corrected chi connectivity index (χ3v) is 6.19. The third kappa shape index (κ3) is 7.02. The Morgan fingerprint density at radius 2 is 1.74 bits per heavy atom. The van der Waals surface area contributed by atoms with Gasteiger partial charge in [0, 0.05) is 6.07 Å². The van der Waals surface area contributed by atoms with Gasteiger partial charge < -0.3 is 24.3 Å². The number of halogens is 2. The second-order valence-corrected chi connectivity index (χ2v) is 9.39. The number of carbonyl (C=O) groups is 2. The van der Waals surface area contributed by atoms with Crippen molar-refractivity contribution in [2.24, 2.45) is 5.92 Å². The number of nitrogens with one attached hydrogen (secondary N) is 2. The van der Waals surface area contributed by atoms with Crippen molar-refractivity contribution in [2.75, 3.05) is 25.1 Å². The number of esters is 1. The molecule has 0 saturated heterocycles. The fourth-order valence-electron chi connectivity index (χ4n) is 3.06. The lowest BCUT2D eigenvalue weighted by Crippen LogP contribution is -2.45. The highest BCUT2D eigenvalue weighted by Gasteiger charge is 2.31. The number of hydrogen-bond acceptors (Lipinski definition) is 8. The van der Waals surface area contributed by atoms with Gasteiger partial charge in [-0.3, -0.25) is 9.59 Å². The maximum Gasteiger partial charge on any atom is 0.387 e. The maximum absolute atomic E-state index is 12.9. The van der Waals surface area contributed by atoms with E-state index in [0.717, 1.165) is 0 Å². The van der Waals surface area contributed by atoms with Gasteiger partial charge in [0.25, 0.3) is 5.91 Å². The smallest absolute Gasteiger partial charge is 0.387 e. The largest absolute Gasteiger partial charge is 0.486 e. The Labute approximate surface area is 200 Å². The molecule has 0 spiro atoms. The van der Waals surface area contributed by atoms with E-state index in [2.05, 4.69) is 14.8 Å². The van der Waals surface area contributed by atoms with Crippen molar-refractivity contribution < 1.29 is 45.7 Å². The Kier molecular flexibility index (Phi) is 8.46. The predicted molar refractivity (Wildman–Crippen MR) is 119 cm³/mol. The van der Waals surface area contributed by atoms with E-state index < -0.39 is 47.1 Å². The second-order valence-electron chi connectivity index (χ2n) is 7.68. The number of carbonyl (C=O) groups excluding carboxylic acids is 2. The average molecular weight is 515 g/mol. The van der Waals surface area contributed by atoms with Gasteiger partial charge in [-0.2, -0.15) is 13.5 Å². The van der Waals surface area contributed by atoms with Gasteiger partial charge in [-0.15, -0.1) is 0 Å². The van der Waals surface area contributed by atoms with Crippen LogP contribution in [-0.2, 0) is 24.3 Å². The molecule has 35 heavy (non-hydrogen) atoms. The van der Waals surface area contributed by atoms with Crippen LogP contribution in [0.3, 0.4) is 0 Å². The van der Waals surface area contributed by atoms with Gasteiger partial charge in [0.1, 0.15) is 25.0 Å². The zero-order valence-corrected chi connectivity index (χ0v) is 19.6. The molecule has 2 aromatic carbocycles. The zero-order chi connectivity index (χ0) is 25.6. The van der Waals surface area contributed by atoms with Crippen LogP contribution in [0.1, 0.15) is 13.8 Å². The topological polar surface area (TPSA) is 129 Å². The molecule has 13 heteroatoms. The molecule has 2 aromatic rings. The van der Waals surface area contributed by atoms with Crippen molar-refractivity contribution in [3.05, 3.63) is 42.5 Å². The first kappa shape index (κ1) is 26.2. The molecule has 0 fully saturated rings. The monoisotopic (exact) mass is 514 g/mol. The summed E-state index contributed by atoms with van der Waals surface area (Å²) in [6, 6.07) is 8.22. The highest BCUT2D eigenvalue weighted by Crippen LogP contribution is 2.32. The number of sulfonamides is 1. The highest BCUT2D eigenvalue weighted by molar-refractivity contribution is 7.89. The molecule has 0 bridgehead atoms. The molecule has 190 valence electrons. The molecule has 1 atom stereocenters. The molecule has 1 heterocycles. The van der Waals surface area contributed by atoms with E-state index in [1.807, 2.05) is 0 Å². The van der Waals surface area contributed by atoms with Crippen molar-refractivity contribution in [3.8, 4) is 17.2 Å². The van der Waals surface area contributed by atoms with Crippen LogP contribution >= 0.6 is 0 Å². The van der Waals surface area contributed by atoms with E-state index >= 15 is 0 Å². The summed E-state index contributed by atoms with van der Waals surface area (Å²) >= 11 is 0. The molecular formula is C22H24F2N2O8S. The van der Waals surface area contributed by atoms with Crippen LogP contribution in [0.15, 0.2) is 47.4 Å². The summed E-state index contributed by atoms with van der Waals surface area (Å²) < 4.78 is 73.2. The molecule has 0 aliphatic carbocycles. The van der Waals surface area contributed by atoms with Crippen LogP contribution in [0.2, 0.25) is 0 Å². The van der Waals surface area contributed by atoms with E-state index in [4.69, 9.17) is 14.2 Å². The van der Waals surface area contributed by atoms with Crippen molar-refractivity contribution in [3.63, 3.8) is 0 Å². The Morgan fingerprint density at radius 1 is 1.06 bits per heavy atom. The molecule has 0 radical (unpaired) electrons. The molecule has 1 aliphatic rings. The lowest BCUT2D eigenvalue weighted by Gasteiger charge is -2.22. The van der Waals surface area contributed by atoms with Gasteiger partial charge in [-0.1, -0.05) is 26.0 Å². The van der Waals surface area contributed by atoms with E-state index in [9.17, 15) is 26.8 Å². The quantitative estimate of drug-likeness (QED) is 0.463. The minimum atomic E-state index is -4.16. The highest BCUT2D eigenvalue weighted by atomic mass is 32.2. The van der Waals surface area contributed by atoms with Gasteiger partial charge >= 0.3 is 12.6 Å². The number of hydrogen-bond donors (Lipinski definition) is 2. The van der Waals surface area contributed by atoms with Crippen molar-refractivity contribution >= 4 is 27.6 Å².